The van der Waals surface area contributed by atoms with Gasteiger partial charge in [0.15, 0.2) is 6.61 Å². The Morgan fingerprint density at radius 1 is 1.20 bits per heavy atom. The summed E-state index contributed by atoms with van der Waals surface area (Å²) in [5, 5.41) is 13.8. The minimum absolute atomic E-state index is 0.0128. The molecule has 1 amide bonds. The summed E-state index contributed by atoms with van der Waals surface area (Å²) in [6, 6.07) is 15.7. The average molecular weight is 340 g/mol. The molecule has 132 valence electrons. The van der Waals surface area contributed by atoms with Crippen molar-refractivity contribution >= 4 is 5.91 Å². The van der Waals surface area contributed by atoms with Crippen molar-refractivity contribution in [3.63, 3.8) is 0 Å². The molecule has 0 heterocycles. The molecule has 1 aliphatic carbocycles. The van der Waals surface area contributed by atoms with Crippen molar-refractivity contribution < 1.29 is 14.6 Å². The van der Waals surface area contributed by atoms with E-state index in [1.165, 1.54) is 10.5 Å². The molecule has 2 atom stereocenters. The lowest BCUT2D eigenvalue weighted by molar-refractivity contribution is -0.130. The van der Waals surface area contributed by atoms with Crippen LogP contribution in [-0.4, -0.2) is 42.7 Å². The SMILES string of the molecule is CN(C)C(=O)COc1ccccc1CN[C@@H]1c2ccccc2C[C@@H]1O. The van der Waals surface area contributed by atoms with Gasteiger partial charge >= 0.3 is 0 Å². The Bertz CT molecular complexity index is 745. The van der Waals surface area contributed by atoms with Crippen molar-refractivity contribution in [3.8, 4) is 5.75 Å². The first-order chi connectivity index (χ1) is 12.1. The Hall–Kier alpha value is -2.37. The van der Waals surface area contributed by atoms with Crippen molar-refractivity contribution in [2.45, 2.75) is 25.1 Å². The number of carbonyl (C=O) groups is 1. The van der Waals surface area contributed by atoms with E-state index in [0.29, 0.717) is 18.7 Å². The maximum absolute atomic E-state index is 11.7. The zero-order valence-electron chi connectivity index (χ0n) is 14.6. The van der Waals surface area contributed by atoms with Crippen LogP contribution in [0.15, 0.2) is 48.5 Å². The van der Waals surface area contributed by atoms with Gasteiger partial charge in [-0.2, -0.15) is 0 Å². The normalized spacial score (nSPS) is 18.7. The second-order valence-corrected chi connectivity index (χ2v) is 6.51. The molecular weight excluding hydrogens is 316 g/mol. The van der Waals surface area contributed by atoms with Gasteiger partial charge in [0.05, 0.1) is 12.1 Å². The van der Waals surface area contributed by atoms with E-state index in [1.807, 2.05) is 36.4 Å². The van der Waals surface area contributed by atoms with Gasteiger partial charge in [0.1, 0.15) is 5.75 Å². The van der Waals surface area contributed by atoms with Gasteiger partial charge in [-0.05, 0) is 17.2 Å². The molecule has 2 N–H and O–H groups in total. The topological polar surface area (TPSA) is 61.8 Å². The highest BCUT2D eigenvalue weighted by molar-refractivity contribution is 5.77. The minimum Gasteiger partial charge on any atom is -0.483 e. The molecule has 2 aromatic rings. The van der Waals surface area contributed by atoms with Gasteiger partial charge in [0, 0.05) is 32.6 Å². The standard InChI is InChI=1S/C20H24N2O3/c1-22(2)19(24)13-25-18-10-6-4-8-15(18)12-21-20-16-9-5-3-7-14(16)11-17(20)23/h3-10,17,20-21,23H,11-13H2,1-2H3/t17-,20+/m0/s1. The molecule has 0 aliphatic heterocycles. The lowest BCUT2D eigenvalue weighted by atomic mass is 10.1. The average Bonchev–Trinajstić information content (AvgIpc) is 2.93. The van der Waals surface area contributed by atoms with Crippen molar-refractivity contribution in [2.24, 2.45) is 0 Å². The first-order valence-electron chi connectivity index (χ1n) is 8.46. The number of carbonyl (C=O) groups excluding carboxylic acids is 1. The van der Waals surface area contributed by atoms with E-state index in [9.17, 15) is 9.90 Å². The fourth-order valence-electron chi connectivity index (χ4n) is 3.10. The number of nitrogens with one attached hydrogen (secondary N) is 1. The summed E-state index contributed by atoms with van der Waals surface area (Å²) < 4.78 is 5.68. The fourth-order valence-corrected chi connectivity index (χ4v) is 3.10. The number of ether oxygens (including phenoxy) is 1. The number of fused-ring (bicyclic) bond motifs is 1. The summed E-state index contributed by atoms with van der Waals surface area (Å²) in [6.45, 7) is 0.571. The quantitative estimate of drug-likeness (QED) is 0.843. The van der Waals surface area contributed by atoms with Crippen LogP contribution in [0.1, 0.15) is 22.7 Å². The number of aliphatic hydroxyl groups excluding tert-OH is 1. The van der Waals surface area contributed by atoms with Gasteiger partial charge in [-0.3, -0.25) is 4.79 Å². The molecule has 5 heteroatoms. The third kappa shape index (κ3) is 4.00. The molecule has 0 fully saturated rings. The Morgan fingerprint density at radius 3 is 2.72 bits per heavy atom. The molecular formula is C20H24N2O3. The molecule has 3 rings (SSSR count). The summed E-state index contributed by atoms with van der Waals surface area (Å²) in [4.78, 5) is 13.2. The molecule has 0 radical (unpaired) electrons. The highest BCUT2D eigenvalue weighted by atomic mass is 16.5. The maximum atomic E-state index is 11.7. The van der Waals surface area contributed by atoms with Crippen LogP contribution in [0.4, 0.5) is 0 Å². The third-order valence-electron chi connectivity index (χ3n) is 4.54. The number of hydrogen-bond donors (Lipinski definition) is 2. The molecule has 0 saturated heterocycles. The highest BCUT2D eigenvalue weighted by Crippen LogP contribution is 2.32. The van der Waals surface area contributed by atoms with Crippen LogP contribution in [0.3, 0.4) is 0 Å². The first-order valence-corrected chi connectivity index (χ1v) is 8.46. The summed E-state index contributed by atoms with van der Waals surface area (Å²) >= 11 is 0. The zero-order chi connectivity index (χ0) is 17.8. The van der Waals surface area contributed by atoms with Crippen LogP contribution in [0.2, 0.25) is 0 Å². The van der Waals surface area contributed by atoms with Gasteiger partial charge < -0.3 is 20.1 Å². The number of benzene rings is 2. The summed E-state index contributed by atoms with van der Waals surface area (Å²) in [6.07, 6.45) is 0.240. The molecule has 0 spiro atoms. The van der Waals surface area contributed by atoms with E-state index in [0.717, 1.165) is 11.1 Å². The van der Waals surface area contributed by atoms with E-state index >= 15 is 0 Å². The predicted octanol–water partition coefficient (Wildman–Crippen LogP) is 1.90. The van der Waals surface area contributed by atoms with E-state index in [1.54, 1.807) is 14.1 Å². The zero-order valence-corrected chi connectivity index (χ0v) is 14.6. The number of para-hydroxylation sites is 1. The number of hydrogen-bond acceptors (Lipinski definition) is 4. The van der Waals surface area contributed by atoms with Crippen molar-refractivity contribution in [2.75, 3.05) is 20.7 Å². The molecule has 5 nitrogen and oxygen atoms in total. The Labute approximate surface area is 148 Å². The largest absolute Gasteiger partial charge is 0.483 e. The summed E-state index contributed by atoms with van der Waals surface area (Å²) in [5.41, 5.74) is 3.30. The minimum atomic E-state index is -0.430. The Morgan fingerprint density at radius 2 is 1.92 bits per heavy atom. The summed E-state index contributed by atoms with van der Waals surface area (Å²) in [7, 11) is 3.41. The number of amides is 1. The molecule has 1 aliphatic rings. The maximum Gasteiger partial charge on any atom is 0.259 e. The van der Waals surface area contributed by atoms with Gasteiger partial charge in [-0.25, -0.2) is 0 Å². The van der Waals surface area contributed by atoms with Gasteiger partial charge in [-0.1, -0.05) is 42.5 Å². The van der Waals surface area contributed by atoms with Gasteiger partial charge in [0.25, 0.3) is 5.91 Å². The van der Waals surface area contributed by atoms with E-state index in [2.05, 4.69) is 17.4 Å². The number of likely N-dealkylation sites (N-methyl/N-ethyl adjacent to an activating group) is 1. The fraction of sp³-hybridized carbons (Fsp3) is 0.350. The second kappa shape index (κ2) is 7.68. The number of nitrogens with zero attached hydrogens (tertiary/aromatic N) is 1. The van der Waals surface area contributed by atoms with Crippen molar-refractivity contribution in [1.29, 1.82) is 0 Å². The number of rotatable bonds is 6. The molecule has 0 unspecified atom stereocenters. The molecule has 0 bridgehead atoms. The van der Waals surface area contributed by atoms with Crippen LogP contribution in [0, 0.1) is 0 Å². The van der Waals surface area contributed by atoms with Crippen LogP contribution < -0.4 is 10.1 Å². The van der Waals surface area contributed by atoms with Crippen molar-refractivity contribution in [1.82, 2.24) is 10.2 Å². The van der Waals surface area contributed by atoms with Gasteiger partial charge in [0.2, 0.25) is 0 Å². The third-order valence-corrected chi connectivity index (χ3v) is 4.54. The lowest BCUT2D eigenvalue weighted by Gasteiger charge is -2.19. The summed E-state index contributed by atoms with van der Waals surface area (Å²) in [5.74, 6) is 0.605. The Balaban J connectivity index is 1.67. The monoisotopic (exact) mass is 340 g/mol. The number of aliphatic hydroxyl groups is 1. The molecule has 2 aromatic carbocycles. The molecule has 0 aromatic heterocycles. The Kier molecular flexibility index (Phi) is 5.36. The predicted molar refractivity (Wildman–Crippen MR) is 96.4 cm³/mol. The van der Waals surface area contributed by atoms with Crippen LogP contribution >= 0.6 is 0 Å². The molecule has 0 saturated carbocycles. The van der Waals surface area contributed by atoms with Crippen LogP contribution in [0.5, 0.6) is 5.75 Å². The lowest BCUT2D eigenvalue weighted by Crippen LogP contribution is -2.29. The van der Waals surface area contributed by atoms with Gasteiger partial charge in [-0.15, -0.1) is 0 Å². The smallest absolute Gasteiger partial charge is 0.259 e. The molecule has 25 heavy (non-hydrogen) atoms. The first kappa shape index (κ1) is 17.5. The van der Waals surface area contributed by atoms with E-state index < -0.39 is 6.10 Å². The van der Waals surface area contributed by atoms with E-state index in [-0.39, 0.29) is 18.6 Å². The highest BCUT2D eigenvalue weighted by Gasteiger charge is 2.30. The van der Waals surface area contributed by atoms with Crippen LogP contribution in [0.25, 0.3) is 0 Å². The van der Waals surface area contributed by atoms with Crippen LogP contribution in [-0.2, 0) is 17.8 Å². The van der Waals surface area contributed by atoms with Crippen molar-refractivity contribution in [3.05, 3.63) is 65.2 Å². The van der Waals surface area contributed by atoms with E-state index in [4.69, 9.17) is 4.74 Å². The second-order valence-electron chi connectivity index (χ2n) is 6.51.